The number of hydrogen-bond acceptors (Lipinski definition) is 0. The van der Waals surface area contributed by atoms with E-state index in [0.29, 0.717) is 0 Å². The Hall–Kier alpha value is -1.28. The molecular weight excluding hydrogens is 248 g/mol. The molecule has 0 aromatic heterocycles. The minimum atomic E-state index is -4.68. The Morgan fingerprint density at radius 2 is 1.71 bits per heavy atom. The van der Waals surface area contributed by atoms with Crippen LogP contribution in [0, 0.1) is 17.3 Å². The first-order valence-electron chi connectivity index (χ1n) is 4.99. The van der Waals surface area contributed by atoms with Crippen LogP contribution in [0.15, 0.2) is 18.2 Å². The topological polar surface area (TPSA) is 0 Å². The van der Waals surface area contributed by atoms with Crippen molar-refractivity contribution >= 4 is 8.07 Å². The van der Waals surface area contributed by atoms with E-state index in [0.717, 1.165) is 12.1 Å². The Bertz CT molecular complexity index is 472. The van der Waals surface area contributed by atoms with Gasteiger partial charge < -0.3 is 0 Å². The molecule has 5 heteroatoms. The Balaban J connectivity index is 3.17. The van der Waals surface area contributed by atoms with E-state index in [1.54, 1.807) is 0 Å². The van der Waals surface area contributed by atoms with Crippen LogP contribution in [-0.4, -0.2) is 8.07 Å². The molecule has 0 bridgehead atoms. The van der Waals surface area contributed by atoms with Gasteiger partial charge in [0.2, 0.25) is 0 Å². The van der Waals surface area contributed by atoms with Crippen molar-refractivity contribution in [3.63, 3.8) is 0 Å². The van der Waals surface area contributed by atoms with E-state index in [1.807, 2.05) is 19.6 Å². The predicted molar refractivity (Wildman–Crippen MR) is 61.6 cm³/mol. The molecule has 0 fully saturated rings. The summed E-state index contributed by atoms with van der Waals surface area (Å²) in [6.07, 6.45) is -4.68. The zero-order valence-electron chi connectivity index (χ0n) is 9.74. The van der Waals surface area contributed by atoms with Gasteiger partial charge in [-0.2, -0.15) is 13.2 Å². The summed E-state index contributed by atoms with van der Waals surface area (Å²) in [6.45, 7) is 5.94. The summed E-state index contributed by atoms with van der Waals surface area (Å²) >= 11 is 0. The van der Waals surface area contributed by atoms with Gasteiger partial charge in [0.05, 0.1) is 5.56 Å². The van der Waals surface area contributed by atoms with Gasteiger partial charge in [-0.3, -0.25) is 0 Å². The van der Waals surface area contributed by atoms with Crippen molar-refractivity contribution in [1.82, 2.24) is 0 Å². The predicted octanol–water partition coefficient (Wildman–Crippen LogP) is 4.07. The minimum Gasteiger partial charge on any atom is -0.206 e. The summed E-state index contributed by atoms with van der Waals surface area (Å²) in [7, 11) is -1.65. The lowest BCUT2D eigenvalue weighted by Crippen LogP contribution is -2.16. The highest BCUT2D eigenvalue weighted by Gasteiger charge is 2.34. The number of benzene rings is 1. The van der Waals surface area contributed by atoms with E-state index < -0.39 is 25.6 Å². The van der Waals surface area contributed by atoms with E-state index in [2.05, 4.69) is 11.5 Å². The Kier molecular flexibility index (Phi) is 3.67. The highest BCUT2D eigenvalue weighted by Crippen LogP contribution is 2.31. The van der Waals surface area contributed by atoms with Crippen LogP contribution in [-0.2, 0) is 6.18 Å². The maximum atomic E-state index is 13.0. The van der Waals surface area contributed by atoms with Gasteiger partial charge in [0.25, 0.3) is 0 Å². The monoisotopic (exact) mass is 260 g/mol. The Labute approximate surface area is 98.7 Å². The van der Waals surface area contributed by atoms with Crippen molar-refractivity contribution in [1.29, 1.82) is 0 Å². The van der Waals surface area contributed by atoms with E-state index in [4.69, 9.17) is 0 Å². The van der Waals surface area contributed by atoms with Crippen LogP contribution in [0.4, 0.5) is 17.6 Å². The van der Waals surface area contributed by atoms with Crippen molar-refractivity contribution in [2.75, 3.05) is 0 Å². The van der Waals surface area contributed by atoms with Gasteiger partial charge in [-0.05, 0) is 18.2 Å². The molecule has 0 N–H and O–H groups in total. The minimum absolute atomic E-state index is 0.196. The van der Waals surface area contributed by atoms with E-state index >= 15 is 0 Å². The van der Waals surface area contributed by atoms with E-state index in [-0.39, 0.29) is 5.56 Å². The summed E-state index contributed by atoms with van der Waals surface area (Å²) in [5, 5.41) is 0. The molecule has 0 unspecified atom stereocenters. The molecule has 17 heavy (non-hydrogen) atoms. The molecule has 1 rings (SSSR count). The van der Waals surface area contributed by atoms with Crippen LogP contribution >= 0.6 is 0 Å². The highest BCUT2D eigenvalue weighted by molar-refractivity contribution is 6.83. The average Bonchev–Trinajstić information content (AvgIpc) is 2.13. The van der Waals surface area contributed by atoms with Crippen LogP contribution in [0.25, 0.3) is 0 Å². The first-order valence-corrected chi connectivity index (χ1v) is 8.49. The smallest absolute Gasteiger partial charge is 0.206 e. The summed E-state index contributed by atoms with van der Waals surface area (Å²) in [4.78, 5) is 0. The van der Waals surface area contributed by atoms with E-state index in [1.165, 1.54) is 6.07 Å². The molecule has 1 aromatic carbocycles. The molecule has 0 spiro atoms. The van der Waals surface area contributed by atoms with Gasteiger partial charge in [0.1, 0.15) is 13.9 Å². The van der Waals surface area contributed by atoms with Crippen LogP contribution in [0.2, 0.25) is 19.6 Å². The molecule has 0 aliphatic carbocycles. The number of alkyl halides is 3. The maximum Gasteiger partial charge on any atom is 0.419 e. The molecule has 0 radical (unpaired) electrons. The van der Waals surface area contributed by atoms with Crippen molar-refractivity contribution in [2.24, 2.45) is 0 Å². The second kappa shape index (κ2) is 4.53. The second-order valence-electron chi connectivity index (χ2n) is 4.69. The Morgan fingerprint density at radius 3 is 2.18 bits per heavy atom. The fourth-order valence-electron chi connectivity index (χ4n) is 1.08. The fraction of sp³-hybridized carbons (Fsp3) is 0.333. The summed E-state index contributed by atoms with van der Waals surface area (Å²) < 4.78 is 50.3. The lowest BCUT2D eigenvalue weighted by Gasteiger charge is -2.08. The molecule has 0 heterocycles. The molecular formula is C12H12F4Si. The normalized spacial score (nSPS) is 11.9. The number of halogens is 4. The van der Waals surface area contributed by atoms with Crippen LogP contribution < -0.4 is 0 Å². The molecule has 92 valence electrons. The highest BCUT2D eigenvalue weighted by atomic mass is 28.3. The first-order chi connectivity index (χ1) is 7.59. The van der Waals surface area contributed by atoms with Crippen molar-refractivity contribution < 1.29 is 17.6 Å². The van der Waals surface area contributed by atoms with Gasteiger partial charge in [-0.15, -0.1) is 5.54 Å². The van der Waals surface area contributed by atoms with E-state index in [9.17, 15) is 17.6 Å². The standard InChI is InChI=1S/C12H12F4Si/c1-17(2,3)7-6-9-4-5-11(13)10(8-9)12(14,15)16/h4-5,8H,1-3H3. The first kappa shape index (κ1) is 13.8. The molecule has 0 nitrogen and oxygen atoms in total. The quantitative estimate of drug-likeness (QED) is 0.375. The van der Waals surface area contributed by atoms with Crippen molar-refractivity contribution in [3.8, 4) is 11.5 Å². The van der Waals surface area contributed by atoms with Gasteiger partial charge in [0, 0.05) is 5.56 Å². The molecule has 0 aliphatic rings. The van der Waals surface area contributed by atoms with Gasteiger partial charge >= 0.3 is 6.18 Å². The van der Waals surface area contributed by atoms with Crippen molar-refractivity contribution in [2.45, 2.75) is 25.8 Å². The number of rotatable bonds is 0. The van der Waals surface area contributed by atoms with Gasteiger partial charge in [-0.1, -0.05) is 25.6 Å². The third kappa shape index (κ3) is 4.23. The van der Waals surface area contributed by atoms with Gasteiger partial charge in [0.15, 0.2) is 0 Å². The summed E-state index contributed by atoms with van der Waals surface area (Å²) in [6, 6.07) is 2.82. The fourth-order valence-corrected chi connectivity index (χ4v) is 1.60. The van der Waals surface area contributed by atoms with Crippen LogP contribution in [0.5, 0.6) is 0 Å². The lowest BCUT2D eigenvalue weighted by molar-refractivity contribution is -0.140. The lowest BCUT2D eigenvalue weighted by atomic mass is 10.1. The van der Waals surface area contributed by atoms with Crippen molar-refractivity contribution in [3.05, 3.63) is 35.1 Å². The zero-order valence-corrected chi connectivity index (χ0v) is 10.7. The Morgan fingerprint density at radius 1 is 1.12 bits per heavy atom. The molecule has 1 aromatic rings. The third-order valence-corrected chi connectivity index (χ3v) is 2.73. The second-order valence-corrected chi connectivity index (χ2v) is 9.44. The van der Waals surface area contributed by atoms with Gasteiger partial charge in [-0.25, -0.2) is 4.39 Å². The third-order valence-electron chi connectivity index (χ3n) is 1.85. The molecule has 0 aliphatic heterocycles. The maximum absolute atomic E-state index is 13.0. The summed E-state index contributed by atoms with van der Waals surface area (Å²) in [5.74, 6) is 1.40. The number of hydrogen-bond donors (Lipinski definition) is 0. The molecule has 0 atom stereocenters. The zero-order chi connectivity index (χ0) is 13.3. The average molecular weight is 260 g/mol. The van der Waals surface area contributed by atoms with Crippen LogP contribution in [0.1, 0.15) is 11.1 Å². The largest absolute Gasteiger partial charge is 0.419 e. The molecule has 0 saturated carbocycles. The molecule has 0 amide bonds. The SMILES string of the molecule is C[Si](C)(C)C#Cc1ccc(F)c(C(F)(F)F)c1. The molecule has 0 saturated heterocycles. The van der Waals surface area contributed by atoms with Crippen LogP contribution in [0.3, 0.4) is 0 Å². The summed E-state index contributed by atoms with van der Waals surface area (Å²) in [5.41, 5.74) is 1.87.